The molecule has 2 aromatic rings. The fourth-order valence-electron chi connectivity index (χ4n) is 1.87. The summed E-state index contributed by atoms with van der Waals surface area (Å²) in [5, 5.41) is 12.6. The third-order valence-electron chi connectivity index (χ3n) is 2.77. The van der Waals surface area contributed by atoms with E-state index in [-0.39, 0.29) is 0 Å². The lowest BCUT2D eigenvalue weighted by molar-refractivity contribution is -0.139. The zero-order valence-corrected chi connectivity index (χ0v) is 11.9. The van der Waals surface area contributed by atoms with E-state index in [9.17, 15) is 14.7 Å². The predicted molar refractivity (Wildman–Crippen MR) is 75.9 cm³/mol. The van der Waals surface area contributed by atoms with Gasteiger partial charge in [0.15, 0.2) is 6.04 Å². The minimum Gasteiger partial charge on any atom is -0.479 e. The van der Waals surface area contributed by atoms with E-state index in [4.69, 9.17) is 0 Å². The number of carboxylic acid groups (broad SMARTS) is 1. The van der Waals surface area contributed by atoms with Gasteiger partial charge in [-0.2, -0.15) is 0 Å². The van der Waals surface area contributed by atoms with Crippen LogP contribution in [0.2, 0.25) is 0 Å². The molecule has 1 amide bonds. The minimum atomic E-state index is -1.09. The summed E-state index contributed by atoms with van der Waals surface area (Å²) in [6, 6.07) is 7.54. The van der Waals surface area contributed by atoms with Crippen LogP contribution >= 0.6 is 11.3 Å². The third-order valence-corrected chi connectivity index (χ3v) is 3.84. The number of hydrogen-bond donors (Lipinski definition) is 2. The normalized spacial score (nSPS) is 11.9. The number of carbonyl (C=O) groups excluding carboxylic acids is 1. The summed E-state index contributed by atoms with van der Waals surface area (Å²) < 4.78 is 0. The first kappa shape index (κ1) is 14.2. The maximum atomic E-state index is 12.2. The molecule has 1 heterocycles. The maximum absolute atomic E-state index is 12.2. The summed E-state index contributed by atoms with van der Waals surface area (Å²) in [4.78, 5) is 28.1. The summed E-state index contributed by atoms with van der Waals surface area (Å²) in [6.45, 7) is 3.54. The Labute approximate surface area is 120 Å². The van der Waals surface area contributed by atoms with Gasteiger partial charge >= 0.3 is 5.97 Å². The monoisotopic (exact) mass is 290 g/mol. The van der Waals surface area contributed by atoms with Gasteiger partial charge in [0.1, 0.15) is 4.88 Å². The van der Waals surface area contributed by atoms with Gasteiger partial charge in [0.05, 0.1) is 10.7 Å². The number of carbonyl (C=O) groups is 2. The van der Waals surface area contributed by atoms with E-state index < -0.39 is 17.9 Å². The number of amides is 1. The van der Waals surface area contributed by atoms with Crippen molar-refractivity contribution in [2.45, 2.75) is 19.9 Å². The zero-order valence-electron chi connectivity index (χ0n) is 11.1. The van der Waals surface area contributed by atoms with Crippen LogP contribution in [0.3, 0.4) is 0 Å². The van der Waals surface area contributed by atoms with Crippen molar-refractivity contribution >= 4 is 23.2 Å². The van der Waals surface area contributed by atoms with E-state index in [1.54, 1.807) is 44.2 Å². The predicted octanol–water partition coefficient (Wildman–Crippen LogP) is 2.32. The Balaban J connectivity index is 2.23. The fraction of sp³-hybridized carbons (Fsp3) is 0.214. The lowest BCUT2D eigenvalue weighted by atomic mass is 10.1. The van der Waals surface area contributed by atoms with Crippen molar-refractivity contribution in [2.75, 3.05) is 0 Å². The van der Waals surface area contributed by atoms with Gasteiger partial charge in [-0.25, -0.2) is 9.78 Å². The van der Waals surface area contributed by atoms with Gasteiger partial charge < -0.3 is 10.4 Å². The van der Waals surface area contributed by atoms with Crippen LogP contribution in [0.5, 0.6) is 0 Å². The Hall–Kier alpha value is -2.21. The van der Waals surface area contributed by atoms with E-state index in [1.165, 1.54) is 11.3 Å². The van der Waals surface area contributed by atoms with Crippen molar-refractivity contribution < 1.29 is 14.7 Å². The van der Waals surface area contributed by atoms with Gasteiger partial charge in [-0.3, -0.25) is 4.79 Å². The minimum absolute atomic E-state index is 0.413. The average molecular weight is 290 g/mol. The second-order valence-electron chi connectivity index (χ2n) is 4.30. The molecule has 0 radical (unpaired) electrons. The molecule has 1 unspecified atom stereocenters. The molecular formula is C14H14N2O3S. The maximum Gasteiger partial charge on any atom is 0.330 e. The number of hydrogen-bond acceptors (Lipinski definition) is 4. The average Bonchev–Trinajstić information content (AvgIpc) is 2.75. The van der Waals surface area contributed by atoms with Crippen LogP contribution in [0.1, 0.15) is 32.0 Å². The number of thiazole rings is 1. The van der Waals surface area contributed by atoms with Gasteiger partial charge in [0.25, 0.3) is 5.91 Å². The van der Waals surface area contributed by atoms with Gasteiger partial charge in [0.2, 0.25) is 0 Å². The second-order valence-corrected chi connectivity index (χ2v) is 5.51. The highest BCUT2D eigenvalue weighted by atomic mass is 32.1. The number of carboxylic acids is 1. The Morgan fingerprint density at radius 1 is 1.25 bits per heavy atom. The summed E-state index contributed by atoms with van der Waals surface area (Å²) in [5.74, 6) is -1.51. The molecule has 1 atom stereocenters. The van der Waals surface area contributed by atoms with Crippen LogP contribution in [0.4, 0.5) is 0 Å². The highest BCUT2D eigenvalue weighted by Gasteiger charge is 2.24. The highest BCUT2D eigenvalue weighted by molar-refractivity contribution is 7.13. The van der Waals surface area contributed by atoms with Gasteiger partial charge in [-0.15, -0.1) is 11.3 Å². The van der Waals surface area contributed by atoms with Gasteiger partial charge in [-0.05, 0) is 19.4 Å². The Bertz CT molecular complexity index is 637. The number of aliphatic carboxylic acids is 1. The SMILES string of the molecule is Cc1nc(C)c(C(=O)NC(C(=O)O)c2ccccc2)s1. The lowest BCUT2D eigenvalue weighted by Gasteiger charge is -2.14. The van der Waals surface area contributed by atoms with Crippen LogP contribution in [0.15, 0.2) is 30.3 Å². The van der Waals surface area contributed by atoms with E-state index in [1.807, 2.05) is 0 Å². The van der Waals surface area contributed by atoms with E-state index in [2.05, 4.69) is 10.3 Å². The quantitative estimate of drug-likeness (QED) is 0.905. The molecule has 0 aliphatic heterocycles. The summed E-state index contributed by atoms with van der Waals surface area (Å²) >= 11 is 1.26. The number of benzene rings is 1. The number of aryl methyl sites for hydroxylation is 2. The molecule has 0 aliphatic rings. The molecule has 0 fully saturated rings. The topological polar surface area (TPSA) is 79.3 Å². The van der Waals surface area contributed by atoms with Crippen molar-refractivity contribution in [1.29, 1.82) is 0 Å². The molecule has 104 valence electrons. The lowest BCUT2D eigenvalue weighted by Crippen LogP contribution is -2.33. The van der Waals surface area contributed by atoms with E-state index in [0.29, 0.717) is 16.1 Å². The largest absolute Gasteiger partial charge is 0.479 e. The number of rotatable bonds is 4. The van der Waals surface area contributed by atoms with Gasteiger partial charge in [0, 0.05) is 0 Å². The molecule has 0 saturated carbocycles. The molecule has 2 rings (SSSR count). The fourth-order valence-corrected chi connectivity index (χ4v) is 2.69. The zero-order chi connectivity index (χ0) is 14.7. The first-order chi connectivity index (χ1) is 9.49. The van der Waals surface area contributed by atoms with Crippen LogP contribution in [-0.4, -0.2) is 22.0 Å². The molecule has 0 aliphatic carbocycles. The summed E-state index contributed by atoms with van der Waals surface area (Å²) in [7, 11) is 0. The second kappa shape index (κ2) is 5.83. The molecule has 0 spiro atoms. The van der Waals surface area contributed by atoms with Gasteiger partial charge in [-0.1, -0.05) is 30.3 Å². The first-order valence-corrected chi connectivity index (χ1v) is 6.83. The number of nitrogens with one attached hydrogen (secondary N) is 1. The molecule has 20 heavy (non-hydrogen) atoms. The van der Waals surface area contributed by atoms with E-state index >= 15 is 0 Å². The van der Waals surface area contributed by atoms with Crippen LogP contribution in [-0.2, 0) is 4.79 Å². The molecule has 5 nitrogen and oxygen atoms in total. The number of nitrogens with zero attached hydrogens (tertiary/aromatic N) is 1. The van der Waals surface area contributed by atoms with Crippen LogP contribution < -0.4 is 5.32 Å². The van der Waals surface area contributed by atoms with Crippen molar-refractivity contribution in [3.8, 4) is 0 Å². The Morgan fingerprint density at radius 2 is 1.90 bits per heavy atom. The van der Waals surface area contributed by atoms with Crippen LogP contribution in [0, 0.1) is 13.8 Å². The molecule has 6 heteroatoms. The highest BCUT2D eigenvalue weighted by Crippen LogP contribution is 2.19. The molecule has 2 N–H and O–H groups in total. The third kappa shape index (κ3) is 3.03. The summed E-state index contributed by atoms with van der Waals surface area (Å²) in [6.07, 6.45) is 0. The standard InChI is InChI=1S/C14H14N2O3S/c1-8-12(20-9(2)15-8)13(17)16-11(14(18)19)10-6-4-3-5-7-10/h3-7,11H,1-2H3,(H,16,17)(H,18,19). The van der Waals surface area contributed by atoms with E-state index in [0.717, 1.165) is 5.01 Å². The molecule has 0 bridgehead atoms. The molecule has 1 aromatic heterocycles. The van der Waals surface area contributed by atoms with Crippen molar-refractivity contribution in [3.63, 3.8) is 0 Å². The Kier molecular flexibility index (Phi) is 4.14. The molecule has 0 saturated heterocycles. The Morgan fingerprint density at radius 3 is 2.40 bits per heavy atom. The molecule has 1 aromatic carbocycles. The number of aromatic nitrogens is 1. The first-order valence-electron chi connectivity index (χ1n) is 6.01. The smallest absolute Gasteiger partial charge is 0.330 e. The molecular weight excluding hydrogens is 276 g/mol. The summed E-state index contributed by atoms with van der Waals surface area (Å²) in [5.41, 5.74) is 1.15. The van der Waals surface area contributed by atoms with Crippen molar-refractivity contribution in [1.82, 2.24) is 10.3 Å². The van der Waals surface area contributed by atoms with Crippen LogP contribution in [0.25, 0.3) is 0 Å². The van der Waals surface area contributed by atoms with Crippen molar-refractivity contribution in [2.24, 2.45) is 0 Å². The van der Waals surface area contributed by atoms with Crippen molar-refractivity contribution in [3.05, 3.63) is 51.5 Å².